The van der Waals surface area contributed by atoms with E-state index in [0.29, 0.717) is 10.4 Å². The Kier molecular flexibility index (Phi) is 3.79. The summed E-state index contributed by atoms with van der Waals surface area (Å²) in [7, 11) is 0. The molecule has 0 saturated heterocycles. The fraction of sp³-hybridized carbons (Fsp3) is 0.429. The number of aromatic nitrogens is 1. The molecule has 0 amide bonds. The van der Waals surface area contributed by atoms with Crippen LogP contribution in [0, 0.1) is 0 Å². The van der Waals surface area contributed by atoms with Crippen molar-refractivity contribution in [3.8, 4) is 0 Å². The van der Waals surface area contributed by atoms with Crippen molar-refractivity contribution in [1.29, 1.82) is 0 Å². The fourth-order valence-electron chi connectivity index (χ4n) is 2.63. The molecule has 0 spiro atoms. The first-order valence-electron chi connectivity index (χ1n) is 6.56. The predicted octanol–water partition coefficient (Wildman–Crippen LogP) is 3.78. The Balaban J connectivity index is 1.96. The minimum atomic E-state index is -0.950. The van der Waals surface area contributed by atoms with Gasteiger partial charge in [-0.05, 0) is 53.7 Å². The Labute approximate surface area is 128 Å². The molecule has 1 aromatic carbocycles. The lowest BCUT2D eigenvalue weighted by molar-refractivity contribution is 0.0696. The Morgan fingerprint density at radius 1 is 1.30 bits per heavy atom. The van der Waals surface area contributed by atoms with E-state index in [1.807, 2.05) is 6.07 Å². The molecule has 0 unspecified atom stereocenters. The molecule has 0 bridgehead atoms. The minimum absolute atomic E-state index is 0.173. The quantitative estimate of drug-likeness (QED) is 0.859. The Hall–Kier alpha value is -0.980. The van der Waals surface area contributed by atoms with E-state index >= 15 is 0 Å². The smallest absolute Gasteiger partial charge is 0.336 e. The highest BCUT2D eigenvalue weighted by molar-refractivity contribution is 9.10. The first kappa shape index (κ1) is 14.0. The number of fused-ring (bicyclic) bond motifs is 1. The van der Waals surface area contributed by atoms with E-state index in [1.54, 1.807) is 17.4 Å². The summed E-state index contributed by atoms with van der Waals surface area (Å²) in [5, 5.41) is 19.7. The molecule has 1 fully saturated rings. The normalized spacial score (nSPS) is 23.1. The van der Waals surface area contributed by atoms with Crippen LogP contribution >= 0.6 is 27.3 Å². The number of carbonyl (C=O) groups is 1. The van der Waals surface area contributed by atoms with E-state index in [1.165, 1.54) is 0 Å². The van der Waals surface area contributed by atoms with Gasteiger partial charge in [0.2, 0.25) is 0 Å². The maximum atomic E-state index is 11.1. The molecule has 1 aliphatic rings. The van der Waals surface area contributed by atoms with Crippen LogP contribution in [-0.2, 0) is 0 Å². The fourth-order valence-corrected chi connectivity index (χ4v) is 4.45. The van der Waals surface area contributed by atoms with Gasteiger partial charge < -0.3 is 10.2 Å². The van der Waals surface area contributed by atoms with Crippen LogP contribution in [0.4, 0.5) is 0 Å². The highest BCUT2D eigenvalue weighted by Gasteiger charge is 2.24. The minimum Gasteiger partial charge on any atom is -0.478 e. The number of aliphatic hydroxyl groups excluding tert-OH is 1. The number of aromatic carboxylic acids is 1. The van der Waals surface area contributed by atoms with Crippen LogP contribution in [0.3, 0.4) is 0 Å². The number of rotatable bonds is 2. The molecule has 4 nitrogen and oxygen atoms in total. The Morgan fingerprint density at radius 3 is 2.65 bits per heavy atom. The number of hydrogen-bond donors (Lipinski definition) is 2. The summed E-state index contributed by atoms with van der Waals surface area (Å²) in [6, 6.07) is 3.46. The van der Waals surface area contributed by atoms with Gasteiger partial charge in [-0.15, -0.1) is 11.3 Å². The number of nitrogens with zero attached hydrogens (tertiary/aromatic N) is 1. The molecular formula is C14H14BrNO3S. The summed E-state index contributed by atoms with van der Waals surface area (Å²) < 4.78 is 1.59. The molecule has 20 heavy (non-hydrogen) atoms. The first-order valence-corrected chi connectivity index (χ1v) is 8.17. The summed E-state index contributed by atoms with van der Waals surface area (Å²) in [5.41, 5.74) is 0.991. The van der Waals surface area contributed by atoms with Gasteiger partial charge >= 0.3 is 5.97 Å². The Bertz CT molecular complexity index is 662. The number of aliphatic hydroxyl groups is 1. The van der Waals surface area contributed by atoms with E-state index in [0.717, 1.165) is 40.9 Å². The van der Waals surface area contributed by atoms with Crippen LogP contribution in [0.1, 0.15) is 47.0 Å². The predicted molar refractivity (Wildman–Crippen MR) is 81.5 cm³/mol. The van der Waals surface area contributed by atoms with Gasteiger partial charge in [0.1, 0.15) is 0 Å². The lowest BCUT2D eigenvalue weighted by atomic mass is 9.88. The van der Waals surface area contributed by atoms with Crippen LogP contribution in [0.15, 0.2) is 16.6 Å². The third-order valence-electron chi connectivity index (χ3n) is 3.77. The molecule has 6 heteroatoms. The first-order chi connectivity index (χ1) is 9.54. The van der Waals surface area contributed by atoms with E-state index in [-0.39, 0.29) is 11.7 Å². The van der Waals surface area contributed by atoms with Crippen molar-refractivity contribution >= 4 is 43.5 Å². The second kappa shape index (κ2) is 5.42. The van der Waals surface area contributed by atoms with Gasteiger partial charge in [-0.3, -0.25) is 0 Å². The monoisotopic (exact) mass is 355 g/mol. The van der Waals surface area contributed by atoms with Gasteiger partial charge in [-0.2, -0.15) is 0 Å². The van der Waals surface area contributed by atoms with Crippen molar-refractivity contribution in [3.05, 3.63) is 27.2 Å². The number of thiazole rings is 1. The topological polar surface area (TPSA) is 70.4 Å². The van der Waals surface area contributed by atoms with E-state index in [9.17, 15) is 9.90 Å². The molecule has 2 N–H and O–H groups in total. The van der Waals surface area contributed by atoms with Gasteiger partial charge in [-0.25, -0.2) is 9.78 Å². The molecular weight excluding hydrogens is 342 g/mol. The largest absolute Gasteiger partial charge is 0.478 e. The SMILES string of the molecule is O=C(O)c1cc2nc(C3CCC(O)CC3)sc2cc1Br. The van der Waals surface area contributed by atoms with E-state index < -0.39 is 5.97 Å². The molecule has 1 aliphatic carbocycles. The van der Waals surface area contributed by atoms with Gasteiger partial charge in [0, 0.05) is 10.4 Å². The number of carboxylic acids is 1. The molecule has 3 rings (SSSR count). The summed E-state index contributed by atoms with van der Waals surface area (Å²) in [5.74, 6) is -0.558. The zero-order valence-electron chi connectivity index (χ0n) is 10.7. The molecule has 0 atom stereocenters. The summed E-state index contributed by atoms with van der Waals surface area (Å²) >= 11 is 4.92. The van der Waals surface area contributed by atoms with Crippen molar-refractivity contribution in [2.75, 3.05) is 0 Å². The molecule has 0 radical (unpaired) electrons. The van der Waals surface area contributed by atoms with E-state index in [4.69, 9.17) is 5.11 Å². The zero-order valence-corrected chi connectivity index (χ0v) is 13.1. The number of hydrogen-bond acceptors (Lipinski definition) is 4. The van der Waals surface area contributed by atoms with Crippen LogP contribution in [0.5, 0.6) is 0 Å². The van der Waals surface area contributed by atoms with Crippen LogP contribution in [0.25, 0.3) is 10.2 Å². The van der Waals surface area contributed by atoms with Crippen LogP contribution in [-0.4, -0.2) is 27.3 Å². The summed E-state index contributed by atoms with van der Waals surface area (Å²) in [6.07, 6.45) is 3.38. The average Bonchev–Trinajstić information content (AvgIpc) is 2.81. The third-order valence-corrected chi connectivity index (χ3v) is 5.61. The van der Waals surface area contributed by atoms with Gasteiger partial charge in [0.25, 0.3) is 0 Å². The second-order valence-corrected chi connectivity index (χ2v) is 7.08. The second-order valence-electron chi connectivity index (χ2n) is 5.16. The summed E-state index contributed by atoms with van der Waals surface area (Å²) in [6.45, 7) is 0. The number of benzene rings is 1. The average molecular weight is 356 g/mol. The highest BCUT2D eigenvalue weighted by atomic mass is 79.9. The zero-order chi connectivity index (χ0) is 14.3. The highest BCUT2D eigenvalue weighted by Crippen LogP contribution is 2.38. The van der Waals surface area contributed by atoms with Crippen molar-refractivity contribution in [2.45, 2.75) is 37.7 Å². The van der Waals surface area contributed by atoms with Gasteiger partial charge in [-0.1, -0.05) is 0 Å². The van der Waals surface area contributed by atoms with Gasteiger partial charge in [0.15, 0.2) is 0 Å². The number of carboxylic acid groups (broad SMARTS) is 1. The van der Waals surface area contributed by atoms with Crippen molar-refractivity contribution < 1.29 is 15.0 Å². The maximum absolute atomic E-state index is 11.1. The van der Waals surface area contributed by atoms with Crippen molar-refractivity contribution in [3.63, 3.8) is 0 Å². The molecule has 2 aromatic rings. The standard InChI is InChI=1S/C14H14BrNO3S/c15-10-6-12-11(5-9(10)14(18)19)16-13(20-12)7-1-3-8(17)4-2-7/h5-8,17H,1-4H2,(H,18,19). The summed E-state index contributed by atoms with van der Waals surface area (Å²) in [4.78, 5) is 15.7. The molecule has 106 valence electrons. The Morgan fingerprint density at radius 2 is 2.00 bits per heavy atom. The maximum Gasteiger partial charge on any atom is 0.336 e. The number of halogens is 1. The van der Waals surface area contributed by atoms with E-state index in [2.05, 4.69) is 20.9 Å². The molecule has 1 saturated carbocycles. The lowest BCUT2D eigenvalue weighted by Gasteiger charge is -2.23. The molecule has 0 aliphatic heterocycles. The van der Waals surface area contributed by atoms with Crippen LogP contribution < -0.4 is 0 Å². The van der Waals surface area contributed by atoms with Gasteiger partial charge in [0.05, 0.1) is 26.9 Å². The third kappa shape index (κ3) is 2.60. The lowest BCUT2D eigenvalue weighted by Crippen LogP contribution is -2.16. The molecule has 1 heterocycles. The van der Waals surface area contributed by atoms with Crippen LogP contribution in [0.2, 0.25) is 0 Å². The molecule has 1 aromatic heterocycles. The van der Waals surface area contributed by atoms with Crippen molar-refractivity contribution in [1.82, 2.24) is 4.98 Å². The van der Waals surface area contributed by atoms with Crippen molar-refractivity contribution in [2.24, 2.45) is 0 Å².